The zero-order valence-electron chi connectivity index (χ0n) is 12.0. The summed E-state index contributed by atoms with van der Waals surface area (Å²) in [5, 5.41) is 0. The molecule has 0 bridgehead atoms. The van der Waals surface area contributed by atoms with Crippen molar-refractivity contribution in [3.8, 4) is 0 Å². The van der Waals surface area contributed by atoms with Crippen LogP contribution in [0.5, 0.6) is 0 Å². The van der Waals surface area contributed by atoms with Crippen LogP contribution in [0.4, 0.5) is 0 Å². The van der Waals surface area contributed by atoms with Gasteiger partial charge in [0.2, 0.25) is 0 Å². The van der Waals surface area contributed by atoms with Crippen LogP contribution >= 0.6 is 10.7 Å². The molecule has 1 aliphatic heterocycles. The number of hydrogen-bond donors (Lipinski definition) is 0. The fourth-order valence-electron chi connectivity index (χ4n) is 2.51. The molecule has 1 aliphatic rings. The molecule has 1 aromatic rings. The highest BCUT2D eigenvalue weighted by Crippen LogP contribution is 2.25. The van der Waals surface area contributed by atoms with E-state index in [1.807, 2.05) is 6.92 Å². The van der Waals surface area contributed by atoms with Gasteiger partial charge in [-0.25, -0.2) is 8.42 Å². The van der Waals surface area contributed by atoms with Crippen LogP contribution in [0.3, 0.4) is 0 Å². The molecular weight excluding hydrogens is 314 g/mol. The van der Waals surface area contributed by atoms with Gasteiger partial charge in [0, 0.05) is 36.4 Å². The minimum atomic E-state index is -3.84. The van der Waals surface area contributed by atoms with E-state index in [-0.39, 0.29) is 16.4 Å². The molecule has 2 rings (SSSR count). The number of hydrogen-bond acceptors (Lipinski definition) is 4. The first-order valence-electron chi connectivity index (χ1n) is 6.64. The Balaban J connectivity index is 2.24. The summed E-state index contributed by atoms with van der Waals surface area (Å²) in [6, 6.07) is 5.78. The maximum absolute atomic E-state index is 12.5. The highest BCUT2D eigenvalue weighted by Gasteiger charge is 2.33. The van der Waals surface area contributed by atoms with Gasteiger partial charge in [0.05, 0.1) is 10.5 Å². The number of halogens is 1. The molecule has 0 spiro atoms. The number of carbonyl (C=O) groups excluding carboxylic acids is 1. The largest absolute Gasteiger partial charge is 0.377 e. The molecule has 1 atom stereocenters. The zero-order valence-corrected chi connectivity index (χ0v) is 13.6. The van der Waals surface area contributed by atoms with Crippen molar-refractivity contribution in [2.45, 2.75) is 30.3 Å². The number of rotatable bonds is 3. The molecule has 0 N–H and O–H groups in total. The standard InChI is InChI=1S/C14H18ClNO4S/c1-14(20-2)7-4-8-16(10-14)13(17)11-5-3-6-12(9-11)21(15,18)19/h3,5-6,9H,4,7-8,10H2,1-2H3. The van der Waals surface area contributed by atoms with Crippen molar-refractivity contribution in [1.82, 2.24) is 4.90 Å². The average molecular weight is 332 g/mol. The fraction of sp³-hybridized carbons (Fsp3) is 0.500. The molecule has 1 saturated heterocycles. The van der Waals surface area contributed by atoms with Crippen molar-refractivity contribution in [1.29, 1.82) is 0 Å². The lowest BCUT2D eigenvalue weighted by Crippen LogP contribution is -2.49. The van der Waals surface area contributed by atoms with Crippen LogP contribution in [-0.2, 0) is 13.8 Å². The smallest absolute Gasteiger partial charge is 0.261 e. The third kappa shape index (κ3) is 3.75. The maximum atomic E-state index is 12.5. The van der Waals surface area contributed by atoms with E-state index in [0.717, 1.165) is 12.8 Å². The second kappa shape index (κ2) is 5.94. The molecule has 116 valence electrons. The van der Waals surface area contributed by atoms with E-state index < -0.39 is 9.05 Å². The summed E-state index contributed by atoms with van der Waals surface area (Å²) in [5.74, 6) is -0.208. The highest BCUT2D eigenvalue weighted by molar-refractivity contribution is 8.13. The van der Waals surface area contributed by atoms with Gasteiger partial charge in [0.25, 0.3) is 15.0 Å². The molecule has 1 unspecified atom stereocenters. The number of nitrogens with zero attached hydrogens (tertiary/aromatic N) is 1. The molecule has 7 heteroatoms. The van der Waals surface area contributed by atoms with Crippen molar-refractivity contribution in [2.24, 2.45) is 0 Å². The van der Waals surface area contributed by atoms with Crippen LogP contribution in [0.25, 0.3) is 0 Å². The van der Waals surface area contributed by atoms with Gasteiger partial charge < -0.3 is 9.64 Å². The van der Waals surface area contributed by atoms with E-state index >= 15 is 0 Å². The minimum absolute atomic E-state index is 0.0680. The Morgan fingerprint density at radius 1 is 1.43 bits per heavy atom. The monoisotopic (exact) mass is 331 g/mol. The van der Waals surface area contributed by atoms with E-state index in [9.17, 15) is 13.2 Å². The predicted molar refractivity (Wildman–Crippen MR) is 80.0 cm³/mol. The summed E-state index contributed by atoms with van der Waals surface area (Å²) in [7, 11) is 3.11. The number of carbonyl (C=O) groups is 1. The Morgan fingerprint density at radius 2 is 2.14 bits per heavy atom. The Bertz CT molecular complexity index is 646. The van der Waals surface area contributed by atoms with E-state index in [4.69, 9.17) is 15.4 Å². The van der Waals surface area contributed by atoms with Gasteiger partial charge in [0.15, 0.2) is 0 Å². The Kier molecular flexibility index (Phi) is 4.60. The van der Waals surface area contributed by atoms with Crippen molar-refractivity contribution < 1.29 is 17.9 Å². The van der Waals surface area contributed by atoms with Gasteiger partial charge >= 0.3 is 0 Å². The topological polar surface area (TPSA) is 63.7 Å². The van der Waals surface area contributed by atoms with Gasteiger partial charge in [-0.15, -0.1) is 0 Å². The van der Waals surface area contributed by atoms with E-state index in [1.165, 1.54) is 18.2 Å². The second-order valence-corrected chi connectivity index (χ2v) is 8.02. The summed E-state index contributed by atoms with van der Waals surface area (Å²) < 4.78 is 28.2. The lowest BCUT2D eigenvalue weighted by Gasteiger charge is -2.39. The van der Waals surface area contributed by atoms with Crippen molar-refractivity contribution in [3.63, 3.8) is 0 Å². The average Bonchev–Trinajstić information content (AvgIpc) is 2.46. The van der Waals surface area contributed by atoms with Gasteiger partial charge in [0.1, 0.15) is 0 Å². The SMILES string of the molecule is COC1(C)CCCN(C(=O)c2cccc(S(=O)(=O)Cl)c2)C1. The number of likely N-dealkylation sites (tertiary alicyclic amines) is 1. The number of amides is 1. The molecule has 21 heavy (non-hydrogen) atoms. The normalized spacial score (nSPS) is 23.1. The van der Waals surface area contributed by atoms with E-state index in [1.54, 1.807) is 18.1 Å². The summed E-state index contributed by atoms with van der Waals surface area (Å²) >= 11 is 0. The summed E-state index contributed by atoms with van der Waals surface area (Å²) in [6.07, 6.45) is 1.74. The van der Waals surface area contributed by atoms with Gasteiger partial charge in [-0.1, -0.05) is 6.07 Å². The summed E-state index contributed by atoms with van der Waals surface area (Å²) in [6.45, 7) is 3.09. The number of benzene rings is 1. The molecule has 0 saturated carbocycles. The minimum Gasteiger partial charge on any atom is -0.377 e. The molecule has 1 fully saturated rings. The van der Waals surface area contributed by atoms with Crippen LogP contribution in [0, 0.1) is 0 Å². The molecular formula is C14H18ClNO4S. The lowest BCUT2D eigenvalue weighted by molar-refractivity contribution is -0.0440. The van der Waals surface area contributed by atoms with E-state index in [0.29, 0.717) is 18.7 Å². The Labute approximate surface area is 129 Å². The lowest BCUT2D eigenvalue weighted by atomic mass is 9.94. The zero-order chi connectivity index (χ0) is 15.7. The molecule has 0 radical (unpaired) electrons. The first kappa shape index (κ1) is 16.3. The quantitative estimate of drug-likeness (QED) is 0.797. The van der Waals surface area contributed by atoms with Crippen LogP contribution in [0.2, 0.25) is 0 Å². The number of piperidine rings is 1. The van der Waals surface area contributed by atoms with Crippen LogP contribution in [-0.4, -0.2) is 45.0 Å². The van der Waals surface area contributed by atoms with Crippen molar-refractivity contribution in [2.75, 3.05) is 20.2 Å². The molecule has 5 nitrogen and oxygen atoms in total. The Morgan fingerprint density at radius 3 is 2.76 bits per heavy atom. The van der Waals surface area contributed by atoms with Crippen LogP contribution in [0.15, 0.2) is 29.2 Å². The first-order valence-corrected chi connectivity index (χ1v) is 8.95. The van der Waals surface area contributed by atoms with Crippen molar-refractivity contribution in [3.05, 3.63) is 29.8 Å². The fourth-order valence-corrected chi connectivity index (χ4v) is 3.31. The van der Waals surface area contributed by atoms with Crippen molar-refractivity contribution >= 4 is 25.6 Å². The number of ether oxygens (including phenoxy) is 1. The Hall–Kier alpha value is -1.11. The van der Waals surface area contributed by atoms with Crippen LogP contribution < -0.4 is 0 Å². The van der Waals surface area contributed by atoms with Gasteiger partial charge in [-0.2, -0.15) is 0 Å². The second-order valence-electron chi connectivity index (χ2n) is 5.45. The molecule has 1 aromatic carbocycles. The third-order valence-electron chi connectivity index (χ3n) is 3.80. The van der Waals surface area contributed by atoms with Gasteiger partial charge in [-0.05, 0) is 38.0 Å². The molecule has 0 aliphatic carbocycles. The summed E-state index contributed by atoms with van der Waals surface area (Å²) in [4.78, 5) is 14.1. The molecule has 1 amide bonds. The maximum Gasteiger partial charge on any atom is 0.261 e. The third-order valence-corrected chi connectivity index (χ3v) is 5.15. The van der Waals surface area contributed by atoms with Gasteiger partial charge in [-0.3, -0.25) is 4.79 Å². The summed E-state index contributed by atoms with van der Waals surface area (Å²) in [5.41, 5.74) is -0.0403. The first-order chi connectivity index (χ1) is 9.75. The molecule has 0 aromatic heterocycles. The van der Waals surface area contributed by atoms with Crippen LogP contribution in [0.1, 0.15) is 30.1 Å². The highest BCUT2D eigenvalue weighted by atomic mass is 35.7. The van der Waals surface area contributed by atoms with E-state index in [2.05, 4.69) is 0 Å². The number of methoxy groups -OCH3 is 1. The predicted octanol–water partition coefficient (Wildman–Crippen LogP) is 2.26. The molecule has 1 heterocycles.